The number of β-lactam (4-membered cyclic amide) rings is 1. The summed E-state index contributed by atoms with van der Waals surface area (Å²) in [6.45, 7) is 7.28. The predicted molar refractivity (Wildman–Crippen MR) is 85.1 cm³/mol. The number of hydrogen-bond donors (Lipinski definition) is 0. The summed E-state index contributed by atoms with van der Waals surface area (Å²) < 4.78 is 5.10. The smallest absolute Gasteiger partial charge is 0.302 e. The molecule has 2 heterocycles. The third kappa shape index (κ3) is 3.72. The van der Waals surface area contributed by atoms with Gasteiger partial charge in [0, 0.05) is 30.2 Å². The molecule has 122 valence electrons. The van der Waals surface area contributed by atoms with Gasteiger partial charge in [-0.2, -0.15) is 0 Å². The number of rotatable bonds is 5. The van der Waals surface area contributed by atoms with E-state index >= 15 is 0 Å². The Morgan fingerprint density at radius 1 is 1.36 bits per heavy atom. The number of thioether (sulfide) groups is 1. The Bertz CT molecular complexity index is 533. The number of carbonyl (C=O) groups is 3. The third-order valence-corrected chi connectivity index (χ3v) is 5.21. The summed E-state index contributed by atoms with van der Waals surface area (Å²) in [5.41, 5.74) is 1.46. The first-order valence-electron chi connectivity index (χ1n) is 7.51. The summed E-state index contributed by atoms with van der Waals surface area (Å²) in [4.78, 5) is 36.8. The van der Waals surface area contributed by atoms with Crippen LogP contribution in [0.4, 0.5) is 0 Å². The average molecular weight is 325 g/mol. The highest BCUT2D eigenvalue weighted by atomic mass is 32.2. The molecule has 0 aromatic heterocycles. The van der Waals surface area contributed by atoms with Crippen molar-refractivity contribution in [1.29, 1.82) is 0 Å². The number of fused-ring (bicyclic) bond motifs is 1. The van der Waals surface area contributed by atoms with E-state index in [-0.39, 0.29) is 35.1 Å². The maximum atomic E-state index is 12.2. The molecular weight excluding hydrogens is 302 g/mol. The number of carbonyl (C=O) groups excluding carboxylic acids is 3. The molecule has 0 spiro atoms. The molecule has 1 atom stereocenters. The standard InChI is InChI=1S/C16H23NO4S/c1-10(18)21-8-11-9-22-15-7-14(20)17(15)12(11)5-6-13(19)16(2,3)4/h15H,5-9H2,1-4H3/t15-/m0/s1. The molecule has 2 aliphatic heterocycles. The van der Waals surface area contributed by atoms with Crippen molar-refractivity contribution in [1.82, 2.24) is 4.90 Å². The average Bonchev–Trinajstić information content (AvgIpc) is 2.40. The molecule has 1 amide bonds. The third-order valence-electron chi connectivity index (χ3n) is 3.93. The molecule has 0 aromatic carbocycles. The summed E-state index contributed by atoms with van der Waals surface area (Å²) >= 11 is 1.69. The lowest BCUT2D eigenvalue weighted by Gasteiger charge is -2.45. The van der Waals surface area contributed by atoms with Gasteiger partial charge in [-0.15, -0.1) is 11.8 Å². The molecule has 0 aliphatic carbocycles. The van der Waals surface area contributed by atoms with Crippen molar-refractivity contribution in [2.24, 2.45) is 5.41 Å². The highest BCUT2D eigenvalue weighted by molar-refractivity contribution is 8.00. The quantitative estimate of drug-likeness (QED) is 0.574. The van der Waals surface area contributed by atoms with Gasteiger partial charge in [0.15, 0.2) is 0 Å². The number of Topliss-reactive ketones (excluding diaryl/α,β-unsaturated/α-hetero) is 1. The Hall–Kier alpha value is -1.30. The molecular formula is C16H23NO4S. The van der Waals surface area contributed by atoms with Crippen LogP contribution in [0.15, 0.2) is 11.3 Å². The number of esters is 1. The lowest BCUT2D eigenvalue weighted by molar-refractivity contribution is -0.140. The lowest BCUT2D eigenvalue weighted by Crippen LogP contribution is -2.52. The van der Waals surface area contributed by atoms with E-state index in [9.17, 15) is 14.4 Å². The van der Waals surface area contributed by atoms with Crippen molar-refractivity contribution in [2.75, 3.05) is 12.4 Å². The molecule has 1 fully saturated rings. The number of nitrogens with zero attached hydrogens (tertiary/aromatic N) is 1. The highest BCUT2D eigenvalue weighted by Crippen LogP contribution is 2.41. The first kappa shape index (κ1) is 17.1. The van der Waals surface area contributed by atoms with Gasteiger partial charge in [0.1, 0.15) is 12.4 Å². The number of ether oxygens (including phenoxy) is 1. The number of amides is 1. The number of allylic oxidation sites excluding steroid dienone is 1. The summed E-state index contributed by atoms with van der Waals surface area (Å²) in [7, 11) is 0. The van der Waals surface area contributed by atoms with Gasteiger partial charge in [-0.1, -0.05) is 20.8 Å². The Morgan fingerprint density at radius 2 is 2.05 bits per heavy atom. The van der Waals surface area contributed by atoms with Crippen LogP contribution in [0, 0.1) is 5.41 Å². The van der Waals surface area contributed by atoms with E-state index in [2.05, 4.69) is 0 Å². The molecule has 2 rings (SSSR count). The predicted octanol–water partition coefficient (Wildman–Crippen LogP) is 2.50. The lowest BCUT2D eigenvalue weighted by atomic mass is 9.87. The zero-order valence-corrected chi connectivity index (χ0v) is 14.4. The van der Waals surface area contributed by atoms with Crippen LogP contribution in [-0.2, 0) is 19.1 Å². The molecule has 6 heteroatoms. The van der Waals surface area contributed by atoms with E-state index in [1.165, 1.54) is 6.92 Å². The molecule has 0 bridgehead atoms. The van der Waals surface area contributed by atoms with Gasteiger partial charge in [-0.3, -0.25) is 14.4 Å². The van der Waals surface area contributed by atoms with Crippen LogP contribution in [0.1, 0.15) is 47.0 Å². The minimum Gasteiger partial charge on any atom is -0.461 e. The minimum atomic E-state index is -0.377. The maximum Gasteiger partial charge on any atom is 0.302 e. The largest absolute Gasteiger partial charge is 0.461 e. The molecule has 0 aromatic rings. The first-order valence-corrected chi connectivity index (χ1v) is 8.56. The highest BCUT2D eigenvalue weighted by Gasteiger charge is 2.42. The summed E-state index contributed by atoms with van der Waals surface area (Å²) in [6.07, 6.45) is 1.50. The van der Waals surface area contributed by atoms with E-state index in [4.69, 9.17) is 4.74 Å². The molecule has 5 nitrogen and oxygen atoms in total. The minimum absolute atomic E-state index is 0.0933. The van der Waals surface area contributed by atoms with Crippen LogP contribution in [0.5, 0.6) is 0 Å². The van der Waals surface area contributed by atoms with E-state index < -0.39 is 0 Å². The molecule has 22 heavy (non-hydrogen) atoms. The zero-order chi connectivity index (χ0) is 16.5. The van der Waals surface area contributed by atoms with E-state index in [0.29, 0.717) is 19.3 Å². The molecule has 2 aliphatic rings. The van der Waals surface area contributed by atoms with Crippen molar-refractivity contribution >= 4 is 29.4 Å². The number of hydrogen-bond acceptors (Lipinski definition) is 5. The first-order chi connectivity index (χ1) is 10.2. The summed E-state index contributed by atoms with van der Waals surface area (Å²) in [6, 6.07) is 0. The van der Waals surface area contributed by atoms with E-state index in [1.54, 1.807) is 16.7 Å². The van der Waals surface area contributed by atoms with Crippen molar-refractivity contribution < 1.29 is 19.1 Å². The fourth-order valence-electron chi connectivity index (χ4n) is 2.51. The summed E-state index contributed by atoms with van der Waals surface area (Å²) in [5, 5.41) is 0.188. The zero-order valence-electron chi connectivity index (χ0n) is 13.6. The van der Waals surface area contributed by atoms with Crippen molar-refractivity contribution in [3.63, 3.8) is 0 Å². The monoisotopic (exact) mass is 325 g/mol. The van der Waals surface area contributed by atoms with Crippen LogP contribution in [0.3, 0.4) is 0 Å². The van der Waals surface area contributed by atoms with Gasteiger partial charge >= 0.3 is 5.97 Å². The van der Waals surface area contributed by atoms with E-state index in [0.717, 1.165) is 17.0 Å². The van der Waals surface area contributed by atoms with Crippen LogP contribution in [-0.4, -0.2) is 40.3 Å². The Balaban J connectivity index is 2.13. The van der Waals surface area contributed by atoms with Crippen LogP contribution < -0.4 is 0 Å². The second-order valence-electron chi connectivity index (χ2n) is 6.74. The van der Waals surface area contributed by atoms with Crippen molar-refractivity contribution in [3.8, 4) is 0 Å². The Labute approximate surface area is 135 Å². The van der Waals surface area contributed by atoms with Gasteiger partial charge < -0.3 is 9.64 Å². The van der Waals surface area contributed by atoms with Gasteiger partial charge in [0.2, 0.25) is 5.91 Å². The second-order valence-corrected chi connectivity index (χ2v) is 7.90. The van der Waals surface area contributed by atoms with Gasteiger partial charge in [0.05, 0.1) is 11.8 Å². The second kappa shape index (κ2) is 6.44. The van der Waals surface area contributed by atoms with Crippen molar-refractivity contribution in [2.45, 2.75) is 52.3 Å². The topological polar surface area (TPSA) is 63.7 Å². The molecule has 0 unspecified atom stereocenters. The van der Waals surface area contributed by atoms with Gasteiger partial charge in [-0.05, 0) is 12.0 Å². The Kier molecular flexibility index (Phi) is 5.00. The summed E-state index contributed by atoms with van der Waals surface area (Å²) in [5.74, 6) is 0.686. The van der Waals surface area contributed by atoms with Crippen LogP contribution >= 0.6 is 11.8 Å². The van der Waals surface area contributed by atoms with Crippen LogP contribution in [0.2, 0.25) is 0 Å². The van der Waals surface area contributed by atoms with Crippen LogP contribution in [0.25, 0.3) is 0 Å². The normalized spacial score (nSPS) is 21.4. The number of ketones is 1. The van der Waals surface area contributed by atoms with Gasteiger partial charge in [0.25, 0.3) is 0 Å². The SMILES string of the molecule is CC(=O)OCC1=C(CCC(=O)C(C)(C)C)N2C(=O)C[C@@H]2SC1. The fourth-order valence-corrected chi connectivity index (χ4v) is 3.81. The van der Waals surface area contributed by atoms with Crippen molar-refractivity contribution in [3.05, 3.63) is 11.3 Å². The van der Waals surface area contributed by atoms with E-state index in [1.807, 2.05) is 20.8 Å². The van der Waals surface area contributed by atoms with Gasteiger partial charge in [-0.25, -0.2) is 0 Å². The molecule has 0 N–H and O–H groups in total. The maximum absolute atomic E-state index is 12.2. The molecule has 0 saturated carbocycles. The fraction of sp³-hybridized carbons (Fsp3) is 0.688. The molecule has 0 radical (unpaired) electrons. The Morgan fingerprint density at radius 3 is 2.59 bits per heavy atom. The molecule has 1 saturated heterocycles.